The zero-order valence-electron chi connectivity index (χ0n) is 11.8. The van der Waals surface area contributed by atoms with Gasteiger partial charge in [-0.05, 0) is 24.3 Å². The quantitative estimate of drug-likeness (QED) is 0.823. The average Bonchev–Trinajstić information content (AvgIpc) is 2.87. The highest BCUT2D eigenvalue weighted by Gasteiger charge is 2.17. The van der Waals surface area contributed by atoms with Crippen LogP contribution in [0.4, 0.5) is 0 Å². The zero-order chi connectivity index (χ0) is 14.2. The third-order valence-electron chi connectivity index (χ3n) is 3.64. The van der Waals surface area contributed by atoms with Crippen LogP contribution in [0.1, 0.15) is 60.2 Å². The van der Waals surface area contributed by atoms with Crippen LogP contribution >= 0.6 is 11.3 Å². The second-order valence-corrected chi connectivity index (χ2v) is 6.10. The Labute approximate surface area is 124 Å². The predicted octanol–water partition coefficient (Wildman–Crippen LogP) is 2.90. The van der Waals surface area contributed by atoms with E-state index in [4.69, 9.17) is 5.73 Å². The van der Waals surface area contributed by atoms with E-state index in [1.807, 2.05) is 11.4 Å². The van der Waals surface area contributed by atoms with E-state index in [2.05, 4.69) is 17.2 Å². The average molecular weight is 290 g/mol. The molecule has 2 rings (SSSR count). The number of nitrogens with two attached hydrogens (primary N) is 1. The maximum Gasteiger partial charge on any atom is 0.262 e. The molecule has 1 aromatic heterocycles. The van der Waals surface area contributed by atoms with Crippen molar-refractivity contribution in [2.24, 2.45) is 5.73 Å². The number of hydrogen-bond donors (Lipinski definition) is 2. The van der Waals surface area contributed by atoms with Crippen LogP contribution in [0.15, 0.2) is 11.4 Å². The van der Waals surface area contributed by atoms with E-state index >= 15 is 0 Å². The minimum Gasteiger partial charge on any atom is -0.349 e. The lowest BCUT2D eigenvalue weighted by Gasteiger charge is -2.20. The van der Waals surface area contributed by atoms with E-state index in [9.17, 15) is 4.79 Å². The second kappa shape index (κ2) is 8.08. The molecule has 1 fully saturated rings. The number of nitrogens with one attached hydrogen (secondary N) is 1. The summed E-state index contributed by atoms with van der Waals surface area (Å²) in [5.74, 6) is 5.80. The summed E-state index contributed by atoms with van der Waals surface area (Å²) in [6.07, 6.45) is 8.55. The van der Waals surface area contributed by atoms with Gasteiger partial charge in [0.2, 0.25) is 0 Å². The van der Waals surface area contributed by atoms with Crippen molar-refractivity contribution in [3.63, 3.8) is 0 Å². The molecule has 1 aliphatic rings. The minimum atomic E-state index is 0.0203. The number of hydrogen-bond acceptors (Lipinski definition) is 3. The summed E-state index contributed by atoms with van der Waals surface area (Å²) in [5, 5.41) is 5.09. The van der Waals surface area contributed by atoms with Gasteiger partial charge in [0.1, 0.15) is 4.88 Å². The Balaban J connectivity index is 1.98. The number of amides is 1. The molecule has 0 aliphatic heterocycles. The molecule has 3 nitrogen and oxygen atoms in total. The molecule has 0 unspecified atom stereocenters. The van der Waals surface area contributed by atoms with Gasteiger partial charge in [-0.25, -0.2) is 0 Å². The van der Waals surface area contributed by atoms with E-state index < -0.39 is 0 Å². The normalized spacial score (nSPS) is 16.6. The Hall–Kier alpha value is -1.31. The fourth-order valence-electron chi connectivity index (χ4n) is 2.58. The van der Waals surface area contributed by atoms with E-state index in [-0.39, 0.29) is 5.91 Å². The second-order valence-electron chi connectivity index (χ2n) is 5.18. The van der Waals surface area contributed by atoms with E-state index in [1.54, 1.807) is 0 Å². The number of carbonyl (C=O) groups is 1. The van der Waals surface area contributed by atoms with Gasteiger partial charge >= 0.3 is 0 Å². The standard InChI is InChI=1S/C16H22N2OS/c17-11-6-7-13-10-12-20-15(13)16(19)18-14-8-4-2-1-3-5-9-14/h10,12,14H,1-5,8-9,11,17H2,(H,18,19). The first-order chi connectivity index (χ1) is 9.81. The molecule has 0 bridgehead atoms. The van der Waals surface area contributed by atoms with Crippen molar-refractivity contribution in [2.45, 2.75) is 51.0 Å². The van der Waals surface area contributed by atoms with Crippen molar-refractivity contribution >= 4 is 17.2 Å². The maximum absolute atomic E-state index is 12.4. The van der Waals surface area contributed by atoms with Gasteiger partial charge in [0.05, 0.1) is 6.54 Å². The summed E-state index contributed by atoms with van der Waals surface area (Å²) in [6, 6.07) is 2.21. The third-order valence-corrected chi connectivity index (χ3v) is 4.55. The molecule has 0 aromatic carbocycles. The third kappa shape index (κ3) is 4.36. The molecule has 1 aromatic rings. The van der Waals surface area contributed by atoms with Crippen LogP contribution in [-0.4, -0.2) is 18.5 Å². The Morgan fingerprint density at radius 2 is 2.00 bits per heavy atom. The first kappa shape index (κ1) is 15.1. The molecule has 3 N–H and O–H groups in total. The summed E-state index contributed by atoms with van der Waals surface area (Å²) in [5.41, 5.74) is 6.18. The predicted molar refractivity (Wildman–Crippen MR) is 83.8 cm³/mol. The van der Waals surface area contributed by atoms with Crippen LogP contribution in [0.25, 0.3) is 0 Å². The fourth-order valence-corrected chi connectivity index (χ4v) is 3.33. The molecule has 0 saturated heterocycles. The Bertz CT molecular complexity index is 490. The van der Waals surface area contributed by atoms with Crippen LogP contribution in [0.5, 0.6) is 0 Å². The van der Waals surface area contributed by atoms with Crippen LogP contribution in [0.2, 0.25) is 0 Å². The monoisotopic (exact) mass is 290 g/mol. The highest BCUT2D eigenvalue weighted by atomic mass is 32.1. The first-order valence-corrected chi connectivity index (χ1v) is 8.26. The van der Waals surface area contributed by atoms with Gasteiger partial charge in [0.15, 0.2) is 0 Å². The summed E-state index contributed by atoms with van der Waals surface area (Å²) in [4.78, 5) is 13.1. The number of rotatable bonds is 2. The summed E-state index contributed by atoms with van der Waals surface area (Å²) < 4.78 is 0. The van der Waals surface area contributed by atoms with Gasteiger partial charge in [-0.3, -0.25) is 4.79 Å². The Kier molecular flexibility index (Phi) is 6.10. The molecule has 0 atom stereocenters. The van der Waals surface area contributed by atoms with Crippen molar-refractivity contribution in [3.05, 3.63) is 21.9 Å². The maximum atomic E-state index is 12.4. The van der Waals surface area contributed by atoms with Gasteiger partial charge in [0.25, 0.3) is 5.91 Å². The molecule has 0 radical (unpaired) electrons. The lowest BCUT2D eigenvalue weighted by Crippen LogP contribution is -2.35. The van der Waals surface area contributed by atoms with E-state index in [0.717, 1.165) is 18.4 Å². The van der Waals surface area contributed by atoms with Gasteiger partial charge < -0.3 is 11.1 Å². The van der Waals surface area contributed by atoms with Crippen LogP contribution in [0.3, 0.4) is 0 Å². The number of thiophene rings is 1. The molecule has 20 heavy (non-hydrogen) atoms. The van der Waals surface area contributed by atoms with Crippen LogP contribution < -0.4 is 11.1 Å². The van der Waals surface area contributed by atoms with Crippen molar-refractivity contribution < 1.29 is 4.79 Å². The van der Waals surface area contributed by atoms with Gasteiger partial charge in [-0.15, -0.1) is 11.3 Å². The highest BCUT2D eigenvalue weighted by Crippen LogP contribution is 2.20. The molecular weight excluding hydrogens is 268 g/mol. The SMILES string of the molecule is NCC#Cc1ccsc1C(=O)NC1CCCCCCC1. The molecule has 108 valence electrons. The summed E-state index contributed by atoms with van der Waals surface area (Å²) in [7, 11) is 0. The van der Waals surface area contributed by atoms with E-state index in [1.165, 1.54) is 43.4 Å². The van der Waals surface area contributed by atoms with Crippen molar-refractivity contribution in [2.75, 3.05) is 6.54 Å². The lowest BCUT2D eigenvalue weighted by molar-refractivity contribution is 0.0934. The molecule has 1 heterocycles. The number of carbonyl (C=O) groups excluding carboxylic acids is 1. The Morgan fingerprint density at radius 3 is 2.70 bits per heavy atom. The van der Waals surface area contributed by atoms with Crippen molar-refractivity contribution in [1.29, 1.82) is 0 Å². The van der Waals surface area contributed by atoms with Crippen molar-refractivity contribution in [3.8, 4) is 11.8 Å². The Morgan fingerprint density at radius 1 is 1.30 bits per heavy atom. The molecule has 0 spiro atoms. The largest absolute Gasteiger partial charge is 0.349 e. The minimum absolute atomic E-state index is 0.0203. The van der Waals surface area contributed by atoms with Gasteiger partial charge in [-0.1, -0.05) is 43.9 Å². The topological polar surface area (TPSA) is 55.1 Å². The summed E-state index contributed by atoms with van der Waals surface area (Å²) >= 11 is 1.45. The molecule has 1 amide bonds. The zero-order valence-corrected chi connectivity index (χ0v) is 12.6. The van der Waals surface area contributed by atoms with Gasteiger partial charge in [-0.2, -0.15) is 0 Å². The first-order valence-electron chi connectivity index (χ1n) is 7.38. The van der Waals surface area contributed by atoms with Crippen LogP contribution in [0, 0.1) is 11.8 Å². The van der Waals surface area contributed by atoms with Crippen LogP contribution in [-0.2, 0) is 0 Å². The fraction of sp³-hybridized carbons (Fsp3) is 0.562. The molecule has 1 saturated carbocycles. The molecular formula is C16H22N2OS. The highest BCUT2D eigenvalue weighted by molar-refractivity contribution is 7.12. The smallest absolute Gasteiger partial charge is 0.262 e. The van der Waals surface area contributed by atoms with Gasteiger partial charge in [0, 0.05) is 11.6 Å². The van der Waals surface area contributed by atoms with Crippen molar-refractivity contribution in [1.82, 2.24) is 5.32 Å². The molecule has 4 heteroatoms. The summed E-state index contributed by atoms with van der Waals surface area (Å²) in [6.45, 7) is 0.319. The van der Waals surface area contributed by atoms with E-state index in [0.29, 0.717) is 17.5 Å². The molecule has 1 aliphatic carbocycles. The lowest BCUT2D eigenvalue weighted by atomic mass is 9.96.